The zero-order chi connectivity index (χ0) is 18.5. The van der Waals surface area contributed by atoms with Crippen molar-refractivity contribution < 1.29 is 8.42 Å². The lowest BCUT2D eigenvalue weighted by Gasteiger charge is -2.21. The topological polar surface area (TPSA) is 60.1 Å². The van der Waals surface area contributed by atoms with E-state index in [1.165, 1.54) is 14.2 Å². The average molecular weight is 370 g/mol. The molecule has 0 spiro atoms. The Balaban J connectivity index is 1.93. The molecule has 0 radical (unpaired) electrons. The van der Waals surface area contributed by atoms with Crippen molar-refractivity contribution in [3.05, 3.63) is 54.0 Å². The Kier molecular flexibility index (Phi) is 4.00. The Morgan fingerprint density at radius 1 is 1.12 bits per heavy atom. The maximum atomic E-state index is 13.3. The fourth-order valence-corrected chi connectivity index (χ4v) is 5.13. The molecule has 0 saturated heterocycles. The van der Waals surface area contributed by atoms with Gasteiger partial charge in [0.15, 0.2) is 0 Å². The van der Waals surface area contributed by atoms with E-state index in [9.17, 15) is 8.42 Å². The minimum absolute atomic E-state index is 0.240. The highest BCUT2D eigenvalue weighted by Gasteiger charge is 2.26. The van der Waals surface area contributed by atoms with Crippen molar-refractivity contribution in [2.75, 3.05) is 20.1 Å². The molecule has 0 bridgehead atoms. The van der Waals surface area contributed by atoms with Crippen LogP contribution in [-0.4, -0.2) is 47.2 Å². The van der Waals surface area contributed by atoms with Gasteiger partial charge in [0.1, 0.15) is 4.90 Å². The highest BCUT2D eigenvalue weighted by Crippen LogP contribution is 2.33. The third kappa shape index (κ3) is 2.68. The molecule has 0 N–H and O–H groups in total. The van der Waals surface area contributed by atoms with Crippen LogP contribution >= 0.6 is 0 Å². The number of hydrogen-bond acceptors (Lipinski definition) is 4. The van der Waals surface area contributed by atoms with Gasteiger partial charge < -0.3 is 4.90 Å². The van der Waals surface area contributed by atoms with Crippen LogP contribution in [0.4, 0.5) is 0 Å². The highest BCUT2D eigenvalue weighted by atomic mass is 32.2. The lowest BCUT2D eigenvalue weighted by atomic mass is 9.99. The van der Waals surface area contributed by atoms with Crippen LogP contribution in [0.15, 0.2) is 47.6 Å². The first-order valence-corrected chi connectivity index (χ1v) is 10.1. The molecular weight excluding hydrogens is 348 g/mol. The molecule has 3 heterocycles. The summed E-state index contributed by atoms with van der Waals surface area (Å²) in [4.78, 5) is 2.49. The van der Waals surface area contributed by atoms with Gasteiger partial charge in [-0.1, -0.05) is 24.3 Å². The molecule has 4 rings (SSSR count). The van der Waals surface area contributed by atoms with Crippen LogP contribution in [0.2, 0.25) is 0 Å². The molecule has 0 atom stereocenters. The predicted octanol–water partition coefficient (Wildman–Crippen LogP) is 2.64. The molecular formula is C19H22N4O2S. The van der Waals surface area contributed by atoms with Crippen LogP contribution in [0.3, 0.4) is 0 Å². The van der Waals surface area contributed by atoms with Gasteiger partial charge in [-0.05, 0) is 32.0 Å². The highest BCUT2D eigenvalue weighted by molar-refractivity contribution is 7.90. The van der Waals surface area contributed by atoms with Gasteiger partial charge in [0.05, 0.1) is 11.2 Å². The van der Waals surface area contributed by atoms with Crippen molar-refractivity contribution in [2.45, 2.75) is 18.2 Å². The minimum Gasteiger partial charge on any atom is -0.302 e. The summed E-state index contributed by atoms with van der Waals surface area (Å²) in [5.41, 5.74) is 3.41. The van der Waals surface area contributed by atoms with Gasteiger partial charge in [0, 0.05) is 43.5 Å². The van der Waals surface area contributed by atoms with Crippen molar-refractivity contribution in [3.8, 4) is 0 Å². The van der Waals surface area contributed by atoms with Crippen LogP contribution in [0.25, 0.3) is 16.5 Å². The summed E-state index contributed by atoms with van der Waals surface area (Å²) in [5, 5.41) is 5.16. The average Bonchev–Trinajstić information content (AvgIpc) is 3.16. The van der Waals surface area contributed by atoms with Gasteiger partial charge in [0.2, 0.25) is 0 Å². The summed E-state index contributed by atoms with van der Waals surface area (Å²) >= 11 is 0. The Morgan fingerprint density at radius 2 is 1.88 bits per heavy atom. The van der Waals surface area contributed by atoms with Gasteiger partial charge in [-0.15, -0.1) is 0 Å². The van der Waals surface area contributed by atoms with E-state index in [-0.39, 0.29) is 4.90 Å². The number of nitrogens with zero attached hydrogens (tertiary/aromatic N) is 4. The number of likely N-dealkylation sites (N-methyl/N-ethyl adjacent to an activating group) is 1. The standard InChI is InChI=1S/C19H22N4O2S/c1-14-19(13-22(3)20-14)26(24,25)23-12-17(15-8-10-21(2)11-9-15)16-6-4-5-7-18(16)23/h4-8,12-13H,9-11H2,1-3H3. The van der Waals surface area contributed by atoms with Gasteiger partial charge in [-0.3, -0.25) is 4.68 Å². The molecule has 26 heavy (non-hydrogen) atoms. The minimum atomic E-state index is -3.71. The van der Waals surface area contributed by atoms with E-state index in [1.807, 2.05) is 24.3 Å². The molecule has 1 aliphatic rings. The molecule has 0 amide bonds. The van der Waals surface area contributed by atoms with Crippen LogP contribution in [-0.2, 0) is 17.1 Å². The maximum Gasteiger partial charge on any atom is 0.271 e. The molecule has 0 fully saturated rings. The van der Waals surface area contributed by atoms with Crippen LogP contribution in [0, 0.1) is 6.92 Å². The van der Waals surface area contributed by atoms with Gasteiger partial charge >= 0.3 is 0 Å². The van der Waals surface area contributed by atoms with E-state index in [0.717, 1.165) is 30.5 Å². The van der Waals surface area contributed by atoms with Crippen molar-refractivity contribution in [3.63, 3.8) is 0 Å². The summed E-state index contributed by atoms with van der Waals surface area (Å²) < 4.78 is 29.6. The van der Waals surface area contributed by atoms with E-state index in [4.69, 9.17) is 0 Å². The lowest BCUT2D eigenvalue weighted by Crippen LogP contribution is -2.23. The zero-order valence-electron chi connectivity index (χ0n) is 15.2. The predicted molar refractivity (Wildman–Crippen MR) is 103 cm³/mol. The summed E-state index contributed by atoms with van der Waals surface area (Å²) in [6.45, 7) is 3.57. The second kappa shape index (κ2) is 6.10. The van der Waals surface area contributed by atoms with Gasteiger partial charge in [-0.2, -0.15) is 5.10 Å². The number of aryl methyl sites for hydroxylation is 2. The first-order chi connectivity index (χ1) is 12.4. The second-order valence-electron chi connectivity index (χ2n) is 6.85. The number of rotatable bonds is 3. The summed E-state index contributed by atoms with van der Waals surface area (Å²) in [6.07, 6.45) is 6.44. The molecule has 136 valence electrons. The van der Waals surface area contributed by atoms with E-state index < -0.39 is 10.0 Å². The van der Waals surface area contributed by atoms with Crippen LogP contribution < -0.4 is 0 Å². The third-order valence-electron chi connectivity index (χ3n) is 4.94. The van der Waals surface area contributed by atoms with Crippen LogP contribution in [0.1, 0.15) is 17.7 Å². The van der Waals surface area contributed by atoms with Crippen LogP contribution in [0.5, 0.6) is 0 Å². The zero-order valence-corrected chi connectivity index (χ0v) is 16.0. The molecule has 2 aromatic heterocycles. The number of hydrogen-bond donors (Lipinski definition) is 0. The second-order valence-corrected chi connectivity index (χ2v) is 8.64. The van der Waals surface area contributed by atoms with E-state index in [0.29, 0.717) is 11.2 Å². The maximum absolute atomic E-state index is 13.3. The first-order valence-electron chi connectivity index (χ1n) is 8.62. The lowest BCUT2D eigenvalue weighted by molar-refractivity contribution is 0.370. The quantitative estimate of drug-likeness (QED) is 0.711. The molecule has 6 nitrogen and oxygen atoms in total. The Labute approximate surface area is 153 Å². The fourth-order valence-electron chi connectivity index (χ4n) is 3.56. The van der Waals surface area contributed by atoms with E-state index in [1.54, 1.807) is 26.4 Å². The molecule has 3 aromatic rings. The summed E-state index contributed by atoms with van der Waals surface area (Å²) in [7, 11) is 0.112. The number of benzene rings is 1. The number of fused-ring (bicyclic) bond motifs is 1. The smallest absolute Gasteiger partial charge is 0.271 e. The number of para-hydroxylation sites is 1. The van der Waals surface area contributed by atoms with E-state index >= 15 is 0 Å². The molecule has 1 aliphatic heterocycles. The van der Waals surface area contributed by atoms with Crippen molar-refractivity contribution >= 4 is 26.5 Å². The third-order valence-corrected chi connectivity index (χ3v) is 6.72. The van der Waals surface area contributed by atoms with Gasteiger partial charge in [-0.25, -0.2) is 12.4 Å². The monoisotopic (exact) mass is 370 g/mol. The molecule has 1 aromatic carbocycles. The molecule has 7 heteroatoms. The Bertz CT molecular complexity index is 1120. The number of aromatic nitrogens is 3. The normalized spacial score (nSPS) is 16.2. The Hall–Kier alpha value is -2.38. The first kappa shape index (κ1) is 17.1. The SMILES string of the molecule is Cc1nn(C)cc1S(=O)(=O)n1cc(C2=CCN(C)CC2)c2ccccc21. The summed E-state index contributed by atoms with van der Waals surface area (Å²) in [5.74, 6) is 0. The summed E-state index contributed by atoms with van der Waals surface area (Å²) in [6, 6.07) is 7.68. The molecule has 0 unspecified atom stereocenters. The molecule has 0 saturated carbocycles. The fraction of sp³-hybridized carbons (Fsp3) is 0.316. The van der Waals surface area contributed by atoms with E-state index in [2.05, 4.69) is 23.1 Å². The van der Waals surface area contributed by atoms with Crippen molar-refractivity contribution in [1.82, 2.24) is 18.7 Å². The Morgan fingerprint density at radius 3 is 2.54 bits per heavy atom. The van der Waals surface area contributed by atoms with Crippen molar-refractivity contribution in [2.24, 2.45) is 7.05 Å². The van der Waals surface area contributed by atoms with Gasteiger partial charge in [0.25, 0.3) is 10.0 Å². The van der Waals surface area contributed by atoms with Crippen molar-refractivity contribution in [1.29, 1.82) is 0 Å². The molecule has 0 aliphatic carbocycles. The largest absolute Gasteiger partial charge is 0.302 e.